The summed E-state index contributed by atoms with van der Waals surface area (Å²) in [6, 6.07) is 13.7. The van der Waals surface area contributed by atoms with E-state index in [-0.39, 0.29) is 11.4 Å². The molecular weight excluding hydrogens is 330 g/mol. The number of fused-ring (bicyclic) bond motifs is 1. The normalized spacial score (nSPS) is 11.6. The molecule has 0 bridgehead atoms. The van der Waals surface area contributed by atoms with Crippen molar-refractivity contribution in [2.24, 2.45) is 0 Å². The number of rotatable bonds is 3. The zero-order valence-corrected chi connectivity index (χ0v) is 13.5. The van der Waals surface area contributed by atoms with E-state index in [2.05, 4.69) is 0 Å². The van der Waals surface area contributed by atoms with Gasteiger partial charge in [0.2, 0.25) is 0 Å². The molecule has 0 heterocycles. The van der Waals surface area contributed by atoms with E-state index in [1.165, 1.54) is 6.07 Å². The summed E-state index contributed by atoms with van der Waals surface area (Å²) in [6.07, 6.45) is 0. The third-order valence-corrected chi connectivity index (χ3v) is 4.71. The van der Waals surface area contributed by atoms with Crippen LogP contribution in [0.4, 0.5) is 5.69 Å². The summed E-state index contributed by atoms with van der Waals surface area (Å²) in [6.45, 7) is 0. The quantitative estimate of drug-likeness (QED) is 0.382. The summed E-state index contributed by atoms with van der Waals surface area (Å²) in [5.74, 6) is 0.347. The van der Waals surface area contributed by atoms with Crippen molar-refractivity contribution in [1.29, 1.82) is 0 Å². The fourth-order valence-electron chi connectivity index (χ4n) is 2.56. The Bertz CT molecular complexity index is 1030. The number of hydrogen-bond acceptors (Lipinski definition) is 5. The number of phenolic OH excluding ortho intramolecular Hbond substituents is 1. The Morgan fingerprint density at radius 2 is 1.62 bits per heavy atom. The topological polar surface area (TPSA) is 110 Å². The Balaban J connectivity index is 2.21. The van der Waals surface area contributed by atoms with Crippen LogP contribution in [0.5, 0.6) is 11.5 Å². The van der Waals surface area contributed by atoms with Gasteiger partial charge in [-0.05, 0) is 46.8 Å². The second-order valence-electron chi connectivity index (χ2n) is 5.28. The van der Waals surface area contributed by atoms with Gasteiger partial charge in [-0.1, -0.05) is 18.2 Å². The van der Waals surface area contributed by atoms with Gasteiger partial charge >= 0.3 is 0 Å². The number of anilines is 1. The molecule has 0 unspecified atom stereocenters. The van der Waals surface area contributed by atoms with Gasteiger partial charge in [0, 0.05) is 5.39 Å². The van der Waals surface area contributed by atoms with Crippen LogP contribution in [0.3, 0.4) is 0 Å². The highest BCUT2D eigenvalue weighted by Crippen LogP contribution is 2.38. The van der Waals surface area contributed by atoms with Crippen molar-refractivity contribution >= 4 is 26.6 Å². The summed E-state index contributed by atoms with van der Waals surface area (Å²) < 4.78 is 37.2. The van der Waals surface area contributed by atoms with Crippen molar-refractivity contribution < 1.29 is 22.8 Å². The van der Waals surface area contributed by atoms with E-state index >= 15 is 0 Å². The summed E-state index contributed by atoms with van der Waals surface area (Å²) in [4.78, 5) is -0.514. The van der Waals surface area contributed by atoms with E-state index in [1.807, 2.05) is 24.3 Å². The maximum atomic E-state index is 11.4. The molecule has 0 saturated heterocycles. The number of benzene rings is 3. The number of ether oxygens (including phenoxy) is 1. The van der Waals surface area contributed by atoms with Gasteiger partial charge < -0.3 is 15.6 Å². The Hall–Kier alpha value is -2.77. The highest BCUT2D eigenvalue weighted by Gasteiger charge is 2.19. The van der Waals surface area contributed by atoms with Gasteiger partial charge in [0.05, 0.1) is 12.8 Å². The minimum absolute atomic E-state index is 0.373. The molecule has 0 amide bonds. The molecule has 0 fully saturated rings. The van der Waals surface area contributed by atoms with Crippen molar-refractivity contribution in [3.05, 3.63) is 48.5 Å². The Kier molecular flexibility index (Phi) is 3.82. The standard InChI is InChI=1S/C17H15NO5S/c1-23-13-5-2-10(3-6-13)11-4-7-14-12(8-11)9-15(24(20,21)22)16(18)17(14)19/h2-9,19H,18H2,1H3,(H,20,21,22). The average Bonchev–Trinajstić information content (AvgIpc) is 2.56. The van der Waals surface area contributed by atoms with E-state index < -0.39 is 15.0 Å². The maximum Gasteiger partial charge on any atom is 0.296 e. The zero-order chi connectivity index (χ0) is 17.5. The fraction of sp³-hybridized carbons (Fsp3) is 0.0588. The van der Waals surface area contributed by atoms with Crippen LogP contribution in [0, 0.1) is 0 Å². The van der Waals surface area contributed by atoms with Crippen molar-refractivity contribution in [2.75, 3.05) is 12.8 Å². The molecule has 3 aromatic rings. The lowest BCUT2D eigenvalue weighted by Gasteiger charge is -2.11. The first-order valence-corrected chi connectivity index (χ1v) is 8.42. The van der Waals surface area contributed by atoms with Crippen LogP contribution >= 0.6 is 0 Å². The molecule has 3 rings (SSSR count). The minimum atomic E-state index is -4.54. The van der Waals surface area contributed by atoms with Crippen molar-refractivity contribution in [3.63, 3.8) is 0 Å². The van der Waals surface area contributed by atoms with Crippen molar-refractivity contribution in [3.8, 4) is 22.6 Å². The second-order valence-corrected chi connectivity index (χ2v) is 6.67. The fourth-order valence-corrected chi connectivity index (χ4v) is 3.21. The molecule has 0 aliphatic heterocycles. The first kappa shape index (κ1) is 16.1. The highest BCUT2D eigenvalue weighted by atomic mass is 32.2. The second kappa shape index (κ2) is 5.70. The predicted molar refractivity (Wildman–Crippen MR) is 91.8 cm³/mol. The van der Waals surface area contributed by atoms with Crippen LogP contribution in [0.15, 0.2) is 53.4 Å². The molecule has 0 aliphatic carbocycles. The van der Waals surface area contributed by atoms with Gasteiger partial charge in [-0.3, -0.25) is 4.55 Å². The van der Waals surface area contributed by atoms with E-state index in [1.54, 1.807) is 25.3 Å². The van der Waals surface area contributed by atoms with Gasteiger partial charge in [-0.25, -0.2) is 0 Å². The van der Waals surface area contributed by atoms with Crippen LogP contribution in [-0.2, 0) is 10.1 Å². The number of hydrogen-bond donors (Lipinski definition) is 3. The molecule has 3 aromatic carbocycles. The average molecular weight is 345 g/mol. The molecule has 0 radical (unpaired) electrons. The summed E-state index contributed by atoms with van der Waals surface area (Å²) in [7, 11) is -2.96. The lowest BCUT2D eigenvalue weighted by Crippen LogP contribution is -2.03. The van der Waals surface area contributed by atoms with E-state index in [0.717, 1.165) is 16.9 Å². The number of aromatic hydroxyl groups is 1. The molecular formula is C17H15NO5S. The molecule has 0 saturated carbocycles. The smallest absolute Gasteiger partial charge is 0.296 e. The predicted octanol–water partition coefficient (Wildman–Crippen LogP) is 3.05. The largest absolute Gasteiger partial charge is 0.505 e. The summed E-state index contributed by atoms with van der Waals surface area (Å²) >= 11 is 0. The van der Waals surface area contributed by atoms with Gasteiger partial charge in [-0.2, -0.15) is 8.42 Å². The third-order valence-electron chi connectivity index (χ3n) is 3.82. The van der Waals surface area contributed by atoms with Gasteiger partial charge in [0.25, 0.3) is 10.1 Å². The number of nitrogens with two attached hydrogens (primary N) is 1. The molecule has 4 N–H and O–H groups in total. The third kappa shape index (κ3) is 2.75. The molecule has 0 atom stereocenters. The monoisotopic (exact) mass is 345 g/mol. The molecule has 0 spiro atoms. The van der Waals surface area contributed by atoms with E-state index in [0.29, 0.717) is 10.8 Å². The SMILES string of the molecule is COc1ccc(-c2ccc3c(O)c(N)c(S(=O)(=O)O)cc3c2)cc1. The van der Waals surface area contributed by atoms with Gasteiger partial charge in [-0.15, -0.1) is 0 Å². The number of phenols is 1. The summed E-state index contributed by atoms with van der Waals surface area (Å²) in [5, 5.41) is 11.0. The lowest BCUT2D eigenvalue weighted by atomic mass is 10.0. The Morgan fingerprint density at radius 1 is 1.00 bits per heavy atom. The van der Waals surface area contributed by atoms with E-state index in [4.69, 9.17) is 10.5 Å². The minimum Gasteiger partial charge on any atom is -0.505 e. The Labute approximate surface area is 138 Å². The van der Waals surface area contributed by atoms with Crippen LogP contribution in [-0.4, -0.2) is 25.2 Å². The molecule has 0 aromatic heterocycles. The maximum absolute atomic E-state index is 11.4. The molecule has 24 heavy (non-hydrogen) atoms. The van der Waals surface area contributed by atoms with Crippen molar-refractivity contribution in [2.45, 2.75) is 4.90 Å². The molecule has 7 heteroatoms. The molecule has 0 aliphatic rings. The lowest BCUT2D eigenvalue weighted by molar-refractivity contribution is 0.415. The van der Waals surface area contributed by atoms with Crippen LogP contribution in [0.1, 0.15) is 0 Å². The molecule has 6 nitrogen and oxygen atoms in total. The van der Waals surface area contributed by atoms with Gasteiger partial charge in [0.15, 0.2) is 0 Å². The van der Waals surface area contributed by atoms with Crippen molar-refractivity contribution in [1.82, 2.24) is 0 Å². The van der Waals surface area contributed by atoms with Crippen LogP contribution < -0.4 is 10.5 Å². The van der Waals surface area contributed by atoms with E-state index in [9.17, 15) is 18.1 Å². The highest BCUT2D eigenvalue weighted by molar-refractivity contribution is 7.86. The van der Waals surface area contributed by atoms with Crippen LogP contribution in [0.2, 0.25) is 0 Å². The first-order chi connectivity index (χ1) is 11.3. The Morgan fingerprint density at radius 3 is 2.21 bits per heavy atom. The summed E-state index contributed by atoms with van der Waals surface area (Å²) in [5.41, 5.74) is 6.95. The van der Waals surface area contributed by atoms with Crippen LogP contribution in [0.25, 0.3) is 21.9 Å². The van der Waals surface area contributed by atoms with Gasteiger partial charge in [0.1, 0.15) is 16.4 Å². The number of methoxy groups -OCH3 is 1. The first-order valence-electron chi connectivity index (χ1n) is 6.98. The number of nitrogen functional groups attached to an aromatic ring is 1. The molecule has 124 valence electrons. The zero-order valence-electron chi connectivity index (χ0n) is 12.7.